The van der Waals surface area contributed by atoms with Crippen LogP contribution in [0.2, 0.25) is 0 Å². The van der Waals surface area contributed by atoms with E-state index in [1.54, 1.807) is 0 Å². The lowest BCUT2D eigenvalue weighted by Gasteiger charge is -2.13. The SMILES string of the molecule is O=C1O[C@H]([C@@H](O)CO)C(O)=C1OP(O)O. The first-order chi connectivity index (χ1) is 6.97. The van der Waals surface area contributed by atoms with E-state index in [0.717, 1.165) is 0 Å². The molecule has 15 heavy (non-hydrogen) atoms. The van der Waals surface area contributed by atoms with Crippen molar-refractivity contribution in [3.8, 4) is 0 Å². The summed E-state index contributed by atoms with van der Waals surface area (Å²) in [6, 6.07) is 0. The van der Waals surface area contributed by atoms with E-state index in [1.165, 1.54) is 0 Å². The molecular formula is C6H9O8P. The molecule has 0 radical (unpaired) electrons. The molecule has 5 N–H and O–H groups in total. The minimum absolute atomic E-state index is 0.734. The minimum Gasteiger partial charge on any atom is -0.505 e. The maximum absolute atomic E-state index is 11.0. The fourth-order valence-electron chi connectivity index (χ4n) is 0.981. The van der Waals surface area contributed by atoms with Crippen molar-refractivity contribution in [1.82, 2.24) is 0 Å². The lowest BCUT2D eigenvalue weighted by atomic mass is 10.2. The van der Waals surface area contributed by atoms with Crippen LogP contribution in [0.1, 0.15) is 0 Å². The van der Waals surface area contributed by atoms with E-state index in [2.05, 4.69) is 9.26 Å². The highest BCUT2D eigenvalue weighted by Gasteiger charge is 2.41. The third kappa shape index (κ3) is 2.55. The number of esters is 1. The Kier molecular flexibility index (Phi) is 3.83. The Balaban J connectivity index is 2.83. The molecule has 0 aromatic rings. The molecule has 0 aromatic carbocycles. The molecule has 2 atom stereocenters. The van der Waals surface area contributed by atoms with Gasteiger partial charge in [-0.1, -0.05) is 0 Å². The second-order valence-corrected chi connectivity index (χ2v) is 3.32. The summed E-state index contributed by atoms with van der Waals surface area (Å²) in [5.74, 6) is -2.69. The summed E-state index contributed by atoms with van der Waals surface area (Å²) in [6.07, 6.45) is -2.95. The van der Waals surface area contributed by atoms with Gasteiger partial charge in [0.1, 0.15) is 6.10 Å². The van der Waals surface area contributed by atoms with Gasteiger partial charge in [-0.2, -0.15) is 0 Å². The van der Waals surface area contributed by atoms with Crippen LogP contribution in [0, 0.1) is 0 Å². The molecule has 0 saturated heterocycles. The molecule has 1 aliphatic heterocycles. The van der Waals surface area contributed by atoms with Crippen LogP contribution in [-0.2, 0) is 14.1 Å². The van der Waals surface area contributed by atoms with E-state index in [4.69, 9.17) is 20.0 Å². The lowest BCUT2D eigenvalue weighted by molar-refractivity contribution is -0.147. The van der Waals surface area contributed by atoms with Crippen LogP contribution in [0.5, 0.6) is 0 Å². The van der Waals surface area contributed by atoms with Crippen molar-refractivity contribution in [2.75, 3.05) is 6.61 Å². The Labute approximate surface area is 85.0 Å². The fourth-order valence-corrected chi connectivity index (χ4v) is 1.31. The lowest BCUT2D eigenvalue weighted by Crippen LogP contribution is -2.31. The molecule has 8 nitrogen and oxygen atoms in total. The van der Waals surface area contributed by atoms with Gasteiger partial charge in [0.25, 0.3) is 5.76 Å². The summed E-state index contributed by atoms with van der Waals surface area (Å²) >= 11 is 0. The highest BCUT2D eigenvalue weighted by molar-refractivity contribution is 7.39. The molecule has 0 unspecified atom stereocenters. The fraction of sp³-hybridized carbons (Fsp3) is 0.500. The molecule has 0 bridgehead atoms. The normalized spacial score (nSPS) is 23.3. The number of cyclic esters (lactones) is 1. The number of carbonyl (C=O) groups excluding carboxylic acids is 1. The smallest absolute Gasteiger partial charge is 0.391 e. The molecule has 0 spiro atoms. The predicted molar refractivity (Wildman–Crippen MR) is 45.1 cm³/mol. The average Bonchev–Trinajstić information content (AvgIpc) is 2.44. The molecule has 86 valence electrons. The summed E-state index contributed by atoms with van der Waals surface area (Å²) in [4.78, 5) is 27.9. The molecule has 0 amide bonds. The van der Waals surface area contributed by atoms with Crippen molar-refractivity contribution < 1.29 is 39.2 Å². The Bertz CT molecular complexity index is 287. The largest absolute Gasteiger partial charge is 0.505 e. The monoisotopic (exact) mass is 240 g/mol. The van der Waals surface area contributed by atoms with Gasteiger partial charge in [0.2, 0.25) is 0 Å². The number of ether oxygens (including phenoxy) is 1. The second-order valence-electron chi connectivity index (χ2n) is 2.63. The highest BCUT2D eigenvalue weighted by atomic mass is 31.2. The molecule has 1 aliphatic rings. The first-order valence-electron chi connectivity index (χ1n) is 3.76. The van der Waals surface area contributed by atoms with Crippen LogP contribution >= 0.6 is 8.60 Å². The third-order valence-corrected chi connectivity index (χ3v) is 1.98. The van der Waals surface area contributed by atoms with E-state index in [1.807, 2.05) is 0 Å². The number of rotatable bonds is 4. The minimum atomic E-state index is -2.87. The van der Waals surface area contributed by atoms with Gasteiger partial charge in [-0.3, -0.25) is 0 Å². The van der Waals surface area contributed by atoms with Crippen molar-refractivity contribution in [1.29, 1.82) is 0 Å². The number of hydrogen-bond acceptors (Lipinski definition) is 8. The highest BCUT2D eigenvalue weighted by Crippen LogP contribution is 2.34. The number of aliphatic hydroxyl groups is 3. The van der Waals surface area contributed by atoms with Crippen LogP contribution in [0.25, 0.3) is 0 Å². The Morgan fingerprint density at radius 1 is 1.53 bits per heavy atom. The number of carbonyl (C=O) groups is 1. The van der Waals surface area contributed by atoms with Crippen LogP contribution in [0.4, 0.5) is 0 Å². The molecule has 9 heteroatoms. The second kappa shape index (κ2) is 4.73. The van der Waals surface area contributed by atoms with Gasteiger partial charge in [0.05, 0.1) is 6.61 Å². The summed E-state index contributed by atoms with van der Waals surface area (Å²) in [6.45, 7) is -0.734. The van der Waals surface area contributed by atoms with Crippen LogP contribution in [0.15, 0.2) is 11.5 Å². The zero-order valence-electron chi connectivity index (χ0n) is 7.27. The van der Waals surface area contributed by atoms with Crippen molar-refractivity contribution in [3.05, 3.63) is 11.5 Å². The molecule has 0 aromatic heterocycles. The molecule has 0 fully saturated rings. The quantitative estimate of drug-likeness (QED) is 0.288. The standard InChI is InChI=1S/C6H9O8P/c7-1-2(8)4-3(9)5(6(10)13-4)14-15(11)12/h2,4,7-9,11-12H,1H2/t2-,4+/m0/s1. The van der Waals surface area contributed by atoms with E-state index in [0.29, 0.717) is 0 Å². The molecular weight excluding hydrogens is 231 g/mol. The average molecular weight is 240 g/mol. The van der Waals surface area contributed by atoms with Gasteiger partial charge < -0.3 is 34.4 Å². The first kappa shape index (κ1) is 12.2. The summed E-state index contributed by atoms with van der Waals surface area (Å²) in [5.41, 5.74) is 0. The zero-order valence-corrected chi connectivity index (χ0v) is 8.16. The number of aliphatic hydroxyl groups excluding tert-OH is 3. The van der Waals surface area contributed by atoms with Crippen molar-refractivity contribution >= 4 is 14.6 Å². The molecule has 1 heterocycles. The predicted octanol–water partition coefficient (Wildman–Crippen LogP) is -1.74. The molecule has 1 rings (SSSR count). The number of hydrogen-bond donors (Lipinski definition) is 5. The van der Waals surface area contributed by atoms with E-state index < -0.39 is 44.9 Å². The van der Waals surface area contributed by atoms with Crippen LogP contribution in [0.3, 0.4) is 0 Å². The summed E-state index contributed by atoms with van der Waals surface area (Å²) < 4.78 is 8.63. The maximum Gasteiger partial charge on any atom is 0.391 e. The van der Waals surface area contributed by atoms with Crippen LogP contribution < -0.4 is 0 Å². The van der Waals surface area contributed by atoms with E-state index >= 15 is 0 Å². The van der Waals surface area contributed by atoms with Gasteiger partial charge in [0, 0.05) is 0 Å². The summed E-state index contributed by atoms with van der Waals surface area (Å²) in [5, 5.41) is 27.0. The Hall–Kier alpha value is -0.920. The topological polar surface area (TPSA) is 137 Å². The van der Waals surface area contributed by atoms with Crippen molar-refractivity contribution in [2.24, 2.45) is 0 Å². The van der Waals surface area contributed by atoms with Gasteiger partial charge >= 0.3 is 14.6 Å². The summed E-state index contributed by atoms with van der Waals surface area (Å²) in [7, 11) is -2.87. The van der Waals surface area contributed by atoms with Gasteiger partial charge in [-0.25, -0.2) is 4.79 Å². The maximum atomic E-state index is 11.0. The van der Waals surface area contributed by atoms with Crippen molar-refractivity contribution in [3.63, 3.8) is 0 Å². The molecule has 0 aliphatic carbocycles. The molecule has 0 saturated carbocycles. The Morgan fingerprint density at radius 3 is 2.60 bits per heavy atom. The van der Waals surface area contributed by atoms with Crippen LogP contribution in [-0.4, -0.2) is 49.9 Å². The van der Waals surface area contributed by atoms with E-state index in [9.17, 15) is 9.90 Å². The van der Waals surface area contributed by atoms with E-state index in [-0.39, 0.29) is 0 Å². The van der Waals surface area contributed by atoms with Crippen molar-refractivity contribution in [2.45, 2.75) is 12.2 Å². The van der Waals surface area contributed by atoms with Gasteiger partial charge in [0.15, 0.2) is 11.9 Å². The van der Waals surface area contributed by atoms with Gasteiger partial charge in [-0.15, -0.1) is 0 Å². The van der Waals surface area contributed by atoms with Gasteiger partial charge in [-0.05, 0) is 0 Å². The zero-order chi connectivity index (χ0) is 11.6. The third-order valence-electron chi connectivity index (χ3n) is 1.63. The Morgan fingerprint density at radius 2 is 2.13 bits per heavy atom. The first-order valence-corrected chi connectivity index (χ1v) is 4.92.